The lowest BCUT2D eigenvalue weighted by Crippen LogP contribution is -2.23. The third kappa shape index (κ3) is 2.88. The predicted octanol–water partition coefficient (Wildman–Crippen LogP) is 3.42. The molecule has 15 heavy (non-hydrogen) atoms. The molecule has 0 saturated heterocycles. The number of hydrogen-bond donors (Lipinski definition) is 2. The summed E-state index contributed by atoms with van der Waals surface area (Å²) in [5, 5.41) is 3.52. The van der Waals surface area contributed by atoms with Crippen LogP contribution in [0.15, 0.2) is 18.2 Å². The summed E-state index contributed by atoms with van der Waals surface area (Å²) in [6.07, 6.45) is 1.19. The van der Waals surface area contributed by atoms with Crippen LogP contribution in [0.1, 0.15) is 32.8 Å². The van der Waals surface area contributed by atoms with E-state index < -0.39 is 0 Å². The molecule has 0 aliphatic carbocycles. The van der Waals surface area contributed by atoms with Crippen LogP contribution in [0.5, 0.6) is 0 Å². The lowest BCUT2D eigenvalue weighted by molar-refractivity contribution is 0.494. The van der Waals surface area contributed by atoms with Crippen molar-refractivity contribution in [1.29, 1.82) is 0 Å². The first-order valence-corrected chi connectivity index (χ1v) is 5.67. The Bertz CT molecular complexity index is 320. The Morgan fingerprint density at radius 2 is 2.00 bits per heavy atom. The quantitative estimate of drug-likeness (QED) is 0.741. The SMILES string of the molecule is CCC(C)C(C)Nc1cccc(N)c1C. The van der Waals surface area contributed by atoms with Gasteiger partial charge >= 0.3 is 0 Å². The number of anilines is 2. The minimum Gasteiger partial charge on any atom is -0.398 e. The van der Waals surface area contributed by atoms with Gasteiger partial charge < -0.3 is 11.1 Å². The summed E-state index contributed by atoms with van der Waals surface area (Å²) in [4.78, 5) is 0. The molecule has 0 bridgehead atoms. The highest BCUT2D eigenvalue weighted by Crippen LogP contribution is 2.23. The van der Waals surface area contributed by atoms with Gasteiger partial charge in [-0.3, -0.25) is 0 Å². The molecule has 1 rings (SSSR count). The topological polar surface area (TPSA) is 38.0 Å². The van der Waals surface area contributed by atoms with Crippen molar-refractivity contribution in [3.05, 3.63) is 23.8 Å². The minimum atomic E-state index is 0.482. The van der Waals surface area contributed by atoms with E-state index in [4.69, 9.17) is 5.73 Å². The number of rotatable bonds is 4. The number of benzene rings is 1. The van der Waals surface area contributed by atoms with Crippen LogP contribution in [0.4, 0.5) is 11.4 Å². The second-order valence-electron chi connectivity index (χ2n) is 4.34. The third-order valence-electron chi connectivity index (χ3n) is 3.26. The van der Waals surface area contributed by atoms with Crippen molar-refractivity contribution in [1.82, 2.24) is 0 Å². The highest BCUT2D eigenvalue weighted by molar-refractivity contribution is 5.63. The van der Waals surface area contributed by atoms with Crippen molar-refractivity contribution in [2.75, 3.05) is 11.1 Å². The molecule has 2 atom stereocenters. The fourth-order valence-corrected chi connectivity index (χ4v) is 1.55. The Morgan fingerprint density at radius 3 is 2.60 bits per heavy atom. The Hall–Kier alpha value is -1.18. The molecule has 0 fully saturated rings. The van der Waals surface area contributed by atoms with E-state index in [1.807, 2.05) is 12.1 Å². The number of nitrogen functional groups attached to an aromatic ring is 1. The van der Waals surface area contributed by atoms with Crippen LogP contribution in [-0.4, -0.2) is 6.04 Å². The molecule has 1 aromatic rings. The Morgan fingerprint density at radius 1 is 1.33 bits per heavy atom. The van der Waals surface area contributed by atoms with Gasteiger partial charge in [0.05, 0.1) is 0 Å². The molecule has 2 unspecified atom stereocenters. The van der Waals surface area contributed by atoms with E-state index in [1.54, 1.807) is 0 Å². The summed E-state index contributed by atoms with van der Waals surface area (Å²) in [5.41, 5.74) is 9.02. The lowest BCUT2D eigenvalue weighted by atomic mass is 10.00. The van der Waals surface area contributed by atoms with Gasteiger partial charge in [0.2, 0.25) is 0 Å². The molecule has 0 aliphatic heterocycles. The van der Waals surface area contributed by atoms with E-state index in [1.165, 1.54) is 6.42 Å². The first-order chi connectivity index (χ1) is 7.06. The van der Waals surface area contributed by atoms with Gasteiger partial charge in [0, 0.05) is 17.4 Å². The maximum atomic E-state index is 5.86. The third-order valence-corrected chi connectivity index (χ3v) is 3.26. The number of nitrogens with two attached hydrogens (primary N) is 1. The summed E-state index contributed by atoms with van der Waals surface area (Å²) in [5.74, 6) is 0.672. The molecule has 0 saturated carbocycles. The fraction of sp³-hybridized carbons (Fsp3) is 0.538. The largest absolute Gasteiger partial charge is 0.398 e. The molecule has 2 nitrogen and oxygen atoms in total. The van der Waals surface area contributed by atoms with Crippen molar-refractivity contribution < 1.29 is 0 Å². The molecule has 0 radical (unpaired) electrons. The van der Waals surface area contributed by atoms with E-state index in [-0.39, 0.29) is 0 Å². The van der Waals surface area contributed by atoms with E-state index in [0.717, 1.165) is 16.9 Å². The van der Waals surface area contributed by atoms with Gasteiger partial charge in [0.15, 0.2) is 0 Å². The Balaban J connectivity index is 2.76. The molecular formula is C13H22N2. The standard InChI is InChI=1S/C13H22N2/c1-5-9(2)11(4)15-13-8-6-7-12(14)10(13)3/h6-9,11,15H,5,14H2,1-4H3. The van der Waals surface area contributed by atoms with E-state index in [0.29, 0.717) is 12.0 Å². The smallest absolute Gasteiger partial charge is 0.0392 e. The maximum Gasteiger partial charge on any atom is 0.0392 e. The second kappa shape index (κ2) is 5.06. The van der Waals surface area contributed by atoms with Gasteiger partial charge in [-0.25, -0.2) is 0 Å². The zero-order valence-electron chi connectivity index (χ0n) is 10.2. The zero-order chi connectivity index (χ0) is 11.4. The van der Waals surface area contributed by atoms with Crippen molar-refractivity contribution in [2.45, 2.75) is 40.2 Å². The monoisotopic (exact) mass is 206 g/mol. The summed E-state index contributed by atoms with van der Waals surface area (Å²) < 4.78 is 0. The highest BCUT2D eigenvalue weighted by Gasteiger charge is 2.11. The molecular weight excluding hydrogens is 184 g/mol. The zero-order valence-corrected chi connectivity index (χ0v) is 10.2. The van der Waals surface area contributed by atoms with E-state index in [9.17, 15) is 0 Å². The Kier molecular flexibility index (Phi) is 4.01. The molecule has 2 heteroatoms. The minimum absolute atomic E-state index is 0.482. The molecule has 0 amide bonds. The lowest BCUT2D eigenvalue weighted by Gasteiger charge is -2.22. The van der Waals surface area contributed by atoms with Crippen LogP contribution in [0.25, 0.3) is 0 Å². The fourth-order valence-electron chi connectivity index (χ4n) is 1.55. The molecule has 0 aliphatic rings. The maximum absolute atomic E-state index is 5.86. The van der Waals surface area contributed by atoms with Crippen LogP contribution in [0.2, 0.25) is 0 Å². The first-order valence-electron chi connectivity index (χ1n) is 5.67. The summed E-state index contributed by atoms with van der Waals surface area (Å²) >= 11 is 0. The van der Waals surface area contributed by atoms with Crippen molar-refractivity contribution in [3.8, 4) is 0 Å². The predicted molar refractivity (Wildman–Crippen MR) is 68.1 cm³/mol. The van der Waals surface area contributed by atoms with Gasteiger partial charge in [-0.05, 0) is 37.5 Å². The highest BCUT2D eigenvalue weighted by atomic mass is 14.9. The first kappa shape index (κ1) is 11.9. The van der Waals surface area contributed by atoms with Crippen LogP contribution >= 0.6 is 0 Å². The molecule has 3 N–H and O–H groups in total. The summed E-state index contributed by atoms with van der Waals surface area (Å²) in [6.45, 7) is 8.76. The van der Waals surface area contributed by atoms with Crippen LogP contribution in [0.3, 0.4) is 0 Å². The van der Waals surface area contributed by atoms with Crippen LogP contribution in [0, 0.1) is 12.8 Å². The Labute approximate surface area is 92.9 Å². The van der Waals surface area contributed by atoms with Crippen molar-refractivity contribution in [2.24, 2.45) is 5.92 Å². The second-order valence-corrected chi connectivity index (χ2v) is 4.34. The van der Waals surface area contributed by atoms with Crippen molar-refractivity contribution in [3.63, 3.8) is 0 Å². The number of nitrogens with one attached hydrogen (secondary N) is 1. The molecule has 1 aromatic carbocycles. The normalized spacial score (nSPS) is 14.7. The molecule has 0 aromatic heterocycles. The van der Waals surface area contributed by atoms with Gasteiger partial charge in [-0.15, -0.1) is 0 Å². The van der Waals surface area contributed by atoms with Crippen molar-refractivity contribution >= 4 is 11.4 Å². The number of hydrogen-bond acceptors (Lipinski definition) is 2. The molecule has 0 heterocycles. The summed E-state index contributed by atoms with van der Waals surface area (Å²) in [7, 11) is 0. The average Bonchev–Trinajstić information content (AvgIpc) is 2.23. The summed E-state index contributed by atoms with van der Waals surface area (Å²) in [6, 6.07) is 6.50. The molecule has 84 valence electrons. The van der Waals surface area contributed by atoms with E-state index in [2.05, 4.69) is 39.1 Å². The van der Waals surface area contributed by atoms with Gasteiger partial charge in [-0.2, -0.15) is 0 Å². The molecule has 0 spiro atoms. The van der Waals surface area contributed by atoms with E-state index >= 15 is 0 Å². The van der Waals surface area contributed by atoms with Gasteiger partial charge in [0.1, 0.15) is 0 Å². The van der Waals surface area contributed by atoms with Gasteiger partial charge in [-0.1, -0.05) is 26.3 Å². The average molecular weight is 206 g/mol. The van der Waals surface area contributed by atoms with Gasteiger partial charge in [0.25, 0.3) is 0 Å². The van der Waals surface area contributed by atoms with Crippen LogP contribution < -0.4 is 11.1 Å². The van der Waals surface area contributed by atoms with Crippen LogP contribution in [-0.2, 0) is 0 Å².